The maximum atomic E-state index is 5.68. The SMILES string of the molecule is COC[C@H](C)NC(N)=NCc1nccs1. The van der Waals surface area contributed by atoms with Gasteiger partial charge in [0, 0.05) is 24.7 Å². The van der Waals surface area contributed by atoms with Gasteiger partial charge in [-0.25, -0.2) is 9.98 Å². The van der Waals surface area contributed by atoms with E-state index in [0.29, 0.717) is 19.1 Å². The third kappa shape index (κ3) is 4.75. The minimum atomic E-state index is 0.162. The Kier molecular flexibility index (Phi) is 5.06. The fraction of sp³-hybridized carbons (Fsp3) is 0.556. The third-order valence-electron chi connectivity index (χ3n) is 1.68. The summed E-state index contributed by atoms with van der Waals surface area (Å²) in [6.07, 6.45) is 1.76. The van der Waals surface area contributed by atoms with Gasteiger partial charge in [-0.15, -0.1) is 11.3 Å². The van der Waals surface area contributed by atoms with Gasteiger partial charge < -0.3 is 15.8 Å². The average molecular weight is 228 g/mol. The van der Waals surface area contributed by atoms with Crippen LogP contribution >= 0.6 is 11.3 Å². The molecule has 0 bridgehead atoms. The van der Waals surface area contributed by atoms with Crippen molar-refractivity contribution in [2.45, 2.75) is 19.5 Å². The number of hydrogen-bond donors (Lipinski definition) is 2. The number of aliphatic imine (C=N–C) groups is 1. The number of ether oxygens (including phenoxy) is 1. The van der Waals surface area contributed by atoms with Crippen LogP contribution in [0.4, 0.5) is 0 Å². The van der Waals surface area contributed by atoms with Gasteiger partial charge in [-0.3, -0.25) is 0 Å². The van der Waals surface area contributed by atoms with Crippen LogP contribution in [0.5, 0.6) is 0 Å². The summed E-state index contributed by atoms with van der Waals surface area (Å²) in [5.41, 5.74) is 5.68. The van der Waals surface area contributed by atoms with Gasteiger partial charge in [0.25, 0.3) is 0 Å². The highest BCUT2D eigenvalue weighted by Gasteiger charge is 2.01. The van der Waals surface area contributed by atoms with E-state index in [1.807, 2.05) is 12.3 Å². The van der Waals surface area contributed by atoms with Gasteiger partial charge in [-0.1, -0.05) is 0 Å². The zero-order valence-electron chi connectivity index (χ0n) is 8.93. The molecule has 5 nitrogen and oxygen atoms in total. The van der Waals surface area contributed by atoms with E-state index in [1.165, 1.54) is 0 Å². The van der Waals surface area contributed by atoms with E-state index < -0.39 is 0 Å². The molecular weight excluding hydrogens is 212 g/mol. The van der Waals surface area contributed by atoms with Crippen molar-refractivity contribution in [1.82, 2.24) is 10.3 Å². The summed E-state index contributed by atoms with van der Waals surface area (Å²) >= 11 is 1.57. The van der Waals surface area contributed by atoms with Gasteiger partial charge in [0.15, 0.2) is 5.96 Å². The lowest BCUT2D eigenvalue weighted by Crippen LogP contribution is -2.40. The second-order valence-electron chi connectivity index (χ2n) is 3.13. The molecule has 1 heterocycles. The van der Waals surface area contributed by atoms with Crippen molar-refractivity contribution >= 4 is 17.3 Å². The minimum Gasteiger partial charge on any atom is -0.383 e. The smallest absolute Gasteiger partial charge is 0.189 e. The molecule has 1 aromatic rings. The first-order valence-electron chi connectivity index (χ1n) is 4.66. The molecule has 0 aliphatic carbocycles. The summed E-state index contributed by atoms with van der Waals surface area (Å²) < 4.78 is 4.97. The van der Waals surface area contributed by atoms with Crippen LogP contribution in [0, 0.1) is 0 Å². The van der Waals surface area contributed by atoms with E-state index in [9.17, 15) is 0 Å². The lowest BCUT2D eigenvalue weighted by atomic mass is 10.4. The van der Waals surface area contributed by atoms with Crippen molar-refractivity contribution in [1.29, 1.82) is 0 Å². The first-order chi connectivity index (χ1) is 7.22. The second kappa shape index (κ2) is 6.36. The second-order valence-corrected chi connectivity index (χ2v) is 4.11. The topological polar surface area (TPSA) is 72.5 Å². The van der Waals surface area contributed by atoms with E-state index >= 15 is 0 Å². The number of nitrogens with one attached hydrogen (secondary N) is 1. The Bertz CT molecular complexity index is 299. The molecule has 1 rings (SSSR count). The van der Waals surface area contributed by atoms with Crippen molar-refractivity contribution < 1.29 is 4.74 Å². The van der Waals surface area contributed by atoms with Gasteiger partial charge in [0.2, 0.25) is 0 Å². The molecular formula is C9H16N4OS. The van der Waals surface area contributed by atoms with Crippen LogP contribution in [0.1, 0.15) is 11.9 Å². The summed E-state index contributed by atoms with van der Waals surface area (Å²) in [5, 5.41) is 5.90. The van der Waals surface area contributed by atoms with Crippen LogP contribution in [0.3, 0.4) is 0 Å². The fourth-order valence-electron chi connectivity index (χ4n) is 1.07. The molecule has 1 aromatic heterocycles. The predicted octanol–water partition coefficient (Wildman–Crippen LogP) is 0.582. The van der Waals surface area contributed by atoms with Gasteiger partial charge >= 0.3 is 0 Å². The average Bonchev–Trinajstić information content (AvgIpc) is 2.67. The molecule has 6 heteroatoms. The molecule has 0 aliphatic heterocycles. The Balaban J connectivity index is 2.33. The van der Waals surface area contributed by atoms with Crippen LogP contribution in [-0.2, 0) is 11.3 Å². The number of thiazole rings is 1. The molecule has 0 saturated carbocycles. The van der Waals surface area contributed by atoms with Crippen LogP contribution in [0.15, 0.2) is 16.6 Å². The molecule has 0 spiro atoms. The maximum Gasteiger partial charge on any atom is 0.189 e. The largest absolute Gasteiger partial charge is 0.383 e. The lowest BCUT2D eigenvalue weighted by molar-refractivity contribution is 0.179. The Labute approximate surface area is 93.4 Å². The first-order valence-corrected chi connectivity index (χ1v) is 5.54. The Hall–Kier alpha value is -1.14. The summed E-state index contributed by atoms with van der Waals surface area (Å²) in [4.78, 5) is 8.27. The summed E-state index contributed by atoms with van der Waals surface area (Å²) in [6.45, 7) is 3.11. The Morgan fingerprint density at radius 2 is 2.60 bits per heavy atom. The third-order valence-corrected chi connectivity index (χ3v) is 2.44. The maximum absolute atomic E-state index is 5.68. The van der Waals surface area contributed by atoms with Crippen LogP contribution in [0.25, 0.3) is 0 Å². The predicted molar refractivity (Wildman–Crippen MR) is 61.9 cm³/mol. The van der Waals surface area contributed by atoms with Gasteiger partial charge in [0.05, 0.1) is 13.2 Å². The number of guanidine groups is 1. The Morgan fingerprint density at radius 3 is 3.20 bits per heavy atom. The molecule has 3 N–H and O–H groups in total. The van der Waals surface area contributed by atoms with Crippen LogP contribution in [-0.4, -0.2) is 30.7 Å². The highest BCUT2D eigenvalue weighted by atomic mass is 32.1. The van der Waals surface area contributed by atoms with Gasteiger partial charge in [-0.05, 0) is 6.92 Å². The van der Waals surface area contributed by atoms with Crippen molar-refractivity contribution in [2.75, 3.05) is 13.7 Å². The number of rotatable bonds is 5. The number of nitrogens with two attached hydrogens (primary N) is 1. The number of methoxy groups -OCH3 is 1. The highest BCUT2D eigenvalue weighted by Crippen LogP contribution is 2.04. The molecule has 0 aliphatic rings. The summed E-state index contributed by atoms with van der Waals surface area (Å²) in [7, 11) is 1.65. The molecule has 0 radical (unpaired) electrons. The molecule has 84 valence electrons. The zero-order valence-corrected chi connectivity index (χ0v) is 9.75. The zero-order chi connectivity index (χ0) is 11.1. The van der Waals surface area contributed by atoms with Crippen LogP contribution < -0.4 is 11.1 Å². The molecule has 0 saturated heterocycles. The van der Waals surface area contributed by atoms with E-state index in [-0.39, 0.29) is 6.04 Å². The van der Waals surface area contributed by atoms with E-state index in [0.717, 1.165) is 5.01 Å². The molecule has 0 fully saturated rings. The summed E-state index contributed by atoms with van der Waals surface area (Å²) in [6, 6.07) is 0.162. The molecule has 0 aromatic carbocycles. The lowest BCUT2D eigenvalue weighted by Gasteiger charge is -2.12. The normalized spacial score (nSPS) is 13.9. The standard InChI is InChI=1S/C9H16N4OS/c1-7(6-14-2)13-9(10)12-5-8-11-3-4-15-8/h3-4,7H,5-6H2,1-2H3,(H3,10,12,13)/t7-/m0/s1. The molecule has 0 amide bonds. The van der Waals surface area contributed by atoms with Gasteiger partial charge in [0.1, 0.15) is 5.01 Å². The molecule has 0 unspecified atom stereocenters. The monoisotopic (exact) mass is 228 g/mol. The number of nitrogens with zero attached hydrogens (tertiary/aromatic N) is 2. The highest BCUT2D eigenvalue weighted by molar-refractivity contribution is 7.09. The number of hydrogen-bond acceptors (Lipinski definition) is 4. The Morgan fingerprint density at radius 1 is 1.80 bits per heavy atom. The van der Waals surface area contributed by atoms with E-state index in [2.05, 4.69) is 15.3 Å². The van der Waals surface area contributed by atoms with Gasteiger partial charge in [-0.2, -0.15) is 0 Å². The molecule has 1 atom stereocenters. The summed E-state index contributed by atoms with van der Waals surface area (Å²) in [5.74, 6) is 0.426. The quantitative estimate of drug-likeness (QED) is 0.571. The van der Waals surface area contributed by atoms with Crippen molar-refractivity contribution in [3.63, 3.8) is 0 Å². The number of aromatic nitrogens is 1. The fourth-order valence-corrected chi connectivity index (χ4v) is 1.61. The van der Waals surface area contributed by atoms with E-state index in [4.69, 9.17) is 10.5 Å². The van der Waals surface area contributed by atoms with E-state index in [1.54, 1.807) is 24.6 Å². The van der Waals surface area contributed by atoms with Crippen LogP contribution in [0.2, 0.25) is 0 Å². The molecule has 15 heavy (non-hydrogen) atoms. The first kappa shape index (κ1) is 11.9. The van der Waals surface area contributed by atoms with Crippen molar-refractivity contribution in [2.24, 2.45) is 10.7 Å². The van der Waals surface area contributed by atoms with Crippen molar-refractivity contribution in [3.8, 4) is 0 Å². The minimum absolute atomic E-state index is 0.162. The van der Waals surface area contributed by atoms with Crippen molar-refractivity contribution in [3.05, 3.63) is 16.6 Å².